The Bertz CT molecular complexity index is 965. The van der Waals surface area contributed by atoms with E-state index in [2.05, 4.69) is 15.6 Å². The normalized spacial score (nSPS) is 18.8. The maximum atomic E-state index is 12.2. The van der Waals surface area contributed by atoms with Gasteiger partial charge in [0.05, 0.1) is 17.2 Å². The second kappa shape index (κ2) is 6.52. The Kier molecular flexibility index (Phi) is 4.43. The lowest BCUT2D eigenvalue weighted by atomic mass is 10.2. The van der Waals surface area contributed by atoms with E-state index in [4.69, 9.17) is 0 Å². The number of amides is 1. The maximum absolute atomic E-state index is 12.2. The molecule has 1 aromatic carbocycles. The third kappa shape index (κ3) is 3.67. The molecule has 1 aliphatic heterocycles. The quantitative estimate of drug-likeness (QED) is 0.814. The lowest BCUT2D eigenvalue weighted by Gasteiger charge is -2.10. The van der Waals surface area contributed by atoms with Gasteiger partial charge in [-0.15, -0.1) is 5.10 Å². The first kappa shape index (κ1) is 16.3. The third-order valence-electron chi connectivity index (χ3n) is 3.68. The van der Waals surface area contributed by atoms with Crippen LogP contribution in [0.2, 0.25) is 0 Å². The topological polar surface area (TPSA) is 111 Å². The number of fused-ring (bicyclic) bond motifs is 1. The molecule has 0 fully saturated rings. The molecule has 8 nitrogen and oxygen atoms in total. The zero-order chi connectivity index (χ0) is 17.2. The molecule has 0 spiro atoms. The zero-order valence-corrected chi connectivity index (χ0v) is 13.6. The molecule has 0 bridgehead atoms. The molecule has 126 valence electrons. The summed E-state index contributed by atoms with van der Waals surface area (Å²) in [6.45, 7) is 0.267. The van der Waals surface area contributed by atoms with Crippen molar-refractivity contribution in [3.63, 3.8) is 0 Å². The van der Waals surface area contributed by atoms with E-state index in [9.17, 15) is 18.0 Å². The number of benzene rings is 1. The Labute approximate surface area is 138 Å². The van der Waals surface area contributed by atoms with E-state index in [0.717, 1.165) is 5.41 Å². The van der Waals surface area contributed by atoms with E-state index in [1.807, 2.05) is 0 Å². The Balaban J connectivity index is 1.55. The van der Waals surface area contributed by atoms with E-state index in [1.165, 1.54) is 10.8 Å². The van der Waals surface area contributed by atoms with Crippen LogP contribution >= 0.6 is 0 Å². The van der Waals surface area contributed by atoms with Crippen LogP contribution in [0.1, 0.15) is 12.8 Å². The number of rotatable bonds is 5. The smallest absolute Gasteiger partial charge is 0.277 e. The average molecular weight is 348 g/mol. The molecule has 0 aliphatic carbocycles. The van der Waals surface area contributed by atoms with Crippen molar-refractivity contribution >= 4 is 26.6 Å². The molecular weight excluding hydrogens is 332 g/mol. The fourth-order valence-corrected chi connectivity index (χ4v) is 3.74. The van der Waals surface area contributed by atoms with Crippen LogP contribution in [0.5, 0.6) is 0 Å². The number of nitrogens with one attached hydrogen (secondary N) is 1. The van der Waals surface area contributed by atoms with Gasteiger partial charge in [0.25, 0.3) is 5.56 Å². The molecule has 1 amide bonds. The summed E-state index contributed by atoms with van der Waals surface area (Å²) in [5.41, 5.74) is 0.288. The molecule has 0 saturated carbocycles. The van der Waals surface area contributed by atoms with E-state index < -0.39 is 15.9 Å². The lowest BCUT2D eigenvalue weighted by molar-refractivity contribution is -0.121. The largest absolute Gasteiger partial charge is 0.349 e. The minimum atomic E-state index is -3.19. The highest BCUT2D eigenvalue weighted by Crippen LogP contribution is 2.08. The molecule has 24 heavy (non-hydrogen) atoms. The SMILES string of the molecule is O=C(CCCn1nnc2ccccc2c1=O)NC1C=CS(=O)(=O)C1. The van der Waals surface area contributed by atoms with Crippen LogP contribution in [-0.4, -0.2) is 41.1 Å². The molecular formula is C15H16N4O4S. The first-order valence-electron chi connectivity index (χ1n) is 7.47. The standard InChI is InChI=1S/C15H16N4O4S/c20-14(16-11-7-9-24(22,23)10-11)6-3-8-19-15(21)12-4-1-2-5-13(12)17-18-19/h1-2,4-5,7,9,11H,3,6,8,10H2,(H,16,20). The number of aryl methyl sites for hydroxylation is 1. The van der Waals surface area contributed by atoms with Crippen molar-refractivity contribution in [2.45, 2.75) is 25.4 Å². The van der Waals surface area contributed by atoms with Crippen LogP contribution < -0.4 is 10.9 Å². The Morgan fingerprint density at radius 2 is 2.12 bits per heavy atom. The van der Waals surface area contributed by atoms with Gasteiger partial charge in [0.2, 0.25) is 5.91 Å². The van der Waals surface area contributed by atoms with E-state index in [0.29, 0.717) is 17.3 Å². The molecule has 3 rings (SSSR count). The molecule has 1 unspecified atom stereocenters. The van der Waals surface area contributed by atoms with Gasteiger partial charge in [0, 0.05) is 18.4 Å². The molecule has 2 heterocycles. The molecule has 9 heteroatoms. The maximum Gasteiger partial charge on any atom is 0.277 e. The Morgan fingerprint density at radius 1 is 1.33 bits per heavy atom. The molecule has 0 saturated heterocycles. The number of hydrogen-bond acceptors (Lipinski definition) is 6. The second-order valence-electron chi connectivity index (χ2n) is 5.57. The summed E-state index contributed by atoms with van der Waals surface area (Å²) in [5.74, 6) is -0.363. The third-order valence-corrected chi connectivity index (χ3v) is 5.08. The van der Waals surface area contributed by atoms with Gasteiger partial charge in [-0.3, -0.25) is 9.59 Å². The summed E-state index contributed by atoms with van der Waals surface area (Å²) < 4.78 is 23.8. The van der Waals surface area contributed by atoms with Crippen LogP contribution in [-0.2, 0) is 21.2 Å². The van der Waals surface area contributed by atoms with Gasteiger partial charge in [-0.25, -0.2) is 13.1 Å². The van der Waals surface area contributed by atoms with E-state index in [-0.39, 0.29) is 30.2 Å². The van der Waals surface area contributed by atoms with Crippen molar-refractivity contribution in [2.75, 3.05) is 5.75 Å². The van der Waals surface area contributed by atoms with Crippen molar-refractivity contribution in [3.05, 3.63) is 46.1 Å². The number of aromatic nitrogens is 3. The van der Waals surface area contributed by atoms with Crippen molar-refractivity contribution in [1.82, 2.24) is 20.3 Å². The first-order chi connectivity index (χ1) is 11.4. The minimum Gasteiger partial charge on any atom is -0.349 e. The molecule has 1 aromatic heterocycles. The summed E-state index contributed by atoms with van der Waals surface area (Å²) in [4.78, 5) is 24.1. The molecule has 2 aromatic rings. The summed E-state index contributed by atoms with van der Waals surface area (Å²) in [7, 11) is -3.19. The molecule has 1 aliphatic rings. The summed E-state index contributed by atoms with van der Waals surface area (Å²) in [6.07, 6.45) is 2.04. The highest BCUT2D eigenvalue weighted by Gasteiger charge is 2.22. The van der Waals surface area contributed by atoms with Gasteiger partial charge < -0.3 is 5.32 Å². The fourth-order valence-electron chi connectivity index (χ4n) is 2.50. The van der Waals surface area contributed by atoms with Crippen LogP contribution in [0.3, 0.4) is 0 Å². The summed E-state index contributed by atoms with van der Waals surface area (Å²) >= 11 is 0. The van der Waals surface area contributed by atoms with Gasteiger partial charge in [0.15, 0.2) is 9.84 Å². The zero-order valence-electron chi connectivity index (χ0n) is 12.8. The number of sulfone groups is 1. The van der Waals surface area contributed by atoms with Gasteiger partial charge in [-0.05, 0) is 24.6 Å². The number of hydrogen-bond donors (Lipinski definition) is 1. The summed E-state index contributed by atoms with van der Waals surface area (Å²) in [6, 6.07) is 6.45. The van der Waals surface area contributed by atoms with Crippen LogP contribution in [0.15, 0.2) is 40.5 Å². The van der Waals surface area contributed by atoms with Crippen molar-refractivity contribution in [2.24, 2.45) is 0 Å². The number of carbonyl (C=O) groups is 1. The van der Waals surface area contributed by atoms with Crippen LogP contribution in [0.25, 0.3) is 10.9 Å². The molecule has 1 atom stereocenters. The molecule has 1 N–H and O–H groups in total. The predicted octanol–water partition coefficient (Wildman–Crippen LogP) is -0.00140. The Hall–Kier alpha value is -2.55. The monoisotopic (exact) mass is 348 g/mol. The molecule has 0 radical (unpaired) electrons. The van der Waals surface area contributed by atoms with Gasteiger partial charge in [-0.2, -0.15) is 0 Å². The minimum absolute atomic E-state index is 0.103. The lowest BCUT2D eigenvalue weighted by Crippen LogP contribution is -2.35. The number of carbonyl (C=O) groups excluding carboxylic acids is 1. The average Bonchev–Trinajstić information content (AvgIpc) is 2.88. The van der Waals surface area contributed by atoms with Gasteiger partial charge >= 0.3 is 0 Å². The van der Waals surface area contributed by atoms with Crippen LogP contribution in [0, 0.1) is 0 Å². The highest BCUT2D eigenvalue weighted by atomic mass is 32.2. The van der Waals surface area contributed by atoms with Crippen molar-refractivity contribution < 1.29 is 13.2 Å². The van der Waals surface area contributed by atoms with E-state index in [1.54, 1.807) is 24.3 Å². The predicted molar refractivity (Wildman–Crippen MR) is 87.9 cm³/mol. The fraction of sp³-hybridized carbons (Fsp3) is 0.333. The summed E-state index contributed by atoms with van der Waals surface area (Å²) in [5, 5.41) is 12.1. The Morgan fingerprint density at radius 3 is 2.88 bits per heavy atom. The van der Waals surface area contributed by atoms with Crippen molar-refractivity contribution in [1.29, 1.82) is 0 Å². The first-order valence-corrected chi connectivity index (χ1v) is 9.19. The van der Waals surface area contributed by atoms with Gasteiger partial charge in [-0.1, -0.05) is 17.3 Å². The van der Waals surface area contributed by atoms with Gasteiger partial charge in [0.1, 0.15) is 5.52 Å². The van der Waals surface area contributed by atoms with Crippen LogP contribution in [0.4, 0.5) is 0 Å². The van der Waals surface area contributed by atoms with E-state index >= 15 is 0 Å². The highest BCUT2D eigenvalue weighted by molar-refractivity contribution is 7.94. The second-order valence-corrected chi connectivity index (χ2v) is 7.50. The number of nitrogens with zero attached hydrogens (tertiary/aromatic N) is 3. The van der Waals surface area contributed by atoms with Crippen molar-refractivity contribution in [3.8, 4) is 0 Å².